The Hall–Kier alpha value is -4.15. The van der Waals surface area contributed by atoms with Crippen LogP contribution in [0.15, 0.2) is 73.1 Å². The smallest absolute Gasteiger partial charge is 0.239 e. The number of aromatic nitrogens is 3. The summed E-state index contributed by atoms with van der Waals surface area (Å²) in [5, 5.41) is 17.2. The number of hydrogen-bond donors (Lipinski definition) is 1. The number of amides is 1. The highest BCUT2D eigenvalue weighted by atomic mass is 16.2. The number of anilines is 1. The summed E-state index contributed by atoms with van der Waals surface area (Å²) < 4.78 is 3.83. The molecule has 7 heteroatoms. The Kier molecular flexibility index (Phi) is 6.90. The lowest BCUT2D eigenvalue weighted by Crippen LogP contribution is -2.30. The maximum absolute atomic E-state index is 12.9. The monoisotopic (exact) mass is 452 g/mol. The van der Waals surface area contributed by atoms with Crippen molar-refractivity contribution in [3.63, 3.8) is 0 Å². The minimum Gasteiger partial charge on any atom is -0.326 e. The molecule has 0 atom stereocenters. The fourth-order valence-corrected chi connectivity index (χ4v) is 4.04. The van der Waals surface area contributed by atoms with Crippen LogP contribution in [0.1, 0.15) is 27.9 Å². The molecule has 0 spiro atoms. The van der Waals surface area contributed by atoms with Crippen LogP contribution in [0.25, 0.3) is 5.69 Å². The molecular weight excluding hydrogens is 424 g/mol. The highest BCUT2D eigenvalue weighted by molar-refractivity contribution is 5.93. The zero-order valence-electron chi connectivity index (χ0n) is 19.7. The second kappa shape index (κ2) is 10.2. The molecule has 7 nitrogen and oxygen atoms in total. The van der Waals surface area contributed by atoms with Gasteiger partial charge in [-0.25, -0.2) is 4.68 Å². The quantitative estimate of drug-likeness (QED) is 0.433. The third-order valence-electron chi connectivity index (χ3n) is 5.91. The van der Waals surface area contributed by atoms with Crippen LogP contribution in [0.5, 0.6) is 0 Å². The molecule has 2 heterocycles. The lowest BCUT2D eigenvalue weighted by molar-refractivity contribution is -0.117. The van der Waals surface area contributed by atoms with E-state index in [1.807, 2.05) is 108 Å². The van der Waals surface area contributed by atoms with Crippen molar-refractivity contribution < 1.29 is 4.79 Å². The van der Waals surface area contributed by atoms with Crippen molar-refractivity contribution >= 4 is 11.7 Å². The molecule has 1 N–H and O–H groups in total. The topological polar surface area (TPSA) is 78.9 Å². The molecule has 0 unspecified atom stereocenters. The van der Waals surface area contributed by atoms with Gasteiger partial charge in [0, 0.05) is 30.5 Å². The Bertz CT molecular complexity index is 1310. The molecular formula is C27H28N6O. The Morgan fingerprint density at radius 2 is 1.74 bits per heavy atom. The first-order chi connectivity index (χ1) is 16.5. The lowest BCUT2D eigenvalue weighted by Gasteiger charge is -2.17. The van der Waals surface area contributed by atoms with Gasteiger partial charge in [0.2, 0.25) is 5.91 Å². The molecule has 2 aromatic carbocycles. The Balaban J connectivity index is 1.45. The molecule has 0 fully saturated rings. The van der Waals surface area contributed by atoms with Crippen molar-refractivity contribution in [2.24, 2.45) is 0 Å². The van der Waals surface area contributed by atoms with E-state index in [9.17, 15) is 10.1 Å². The zero-order chi connectivity index (χ0) is 24.1. The molecule has 0 saturated carbocycles. The van der Waals surface area contributed by atoms with Crippen LogP contribution in [0.3, 0.4) is 0 Å². The molecule has 0 bridgehead atoms. The molecule has 0 aliphatic rings. The first kappa shape index (κ1) is 23.0. The number of likely N-dealkylation sites (N-methyl/N-ethyl adjacent to an activating group) is 1. The van der Waals surface area contributed by atoms with Crippen LogP contribution < -0.4 is 5.32 Å². The summed E-state index contributed by atoms with van der Waals surface area (Å²) in [5.74, 6) is 0.387. The number of para-hydroxylation sites is 1. The fraction of sp³-hybridized carbons (Fsp3) is 0.222. The molecule has 0 aliphatic heterocycles. The van der Waals surface area contributed by atoms with Gasteiger partial charge in [-0.3, -0.25) is 9.69 Å². The maximum Gasteiger partial charge on any atom is 0.239 e. The highest BCUT2D eigenvalue weighted by Gasteiger charge is 2.20. The van der Waals surface area contributed by atoms with Crippen molar-refractivity contribution in [3.05, 3.63) is 101 Å². The molecule has 2 aromatic heterocycles. The van der Waals surface area contributed by atoms with Crippen molar-refractivity contribution in [1.82, 2.24) is 19.2 Å². The van der Waals surface area contributed by atoms with Crippen molar-refractivity contribution in [2.75, 3.05) is 18.9 Å². The van der Waals surface area contributed by atoms with Gasteiger partial charge >= 0.3 is 0 Å². The van der Waals surface area contributed by atoms with E-state index < -0.39 is 0 Å². The summed E-state index contributed by atoms with van der Waals surface area (Å²) in [6.45, 7) is 5.25. The summed E-state index contributed by atoms with van der Waals surface area (Å²) in [6.07, 6.45) is 3.78. The van der Waals surface area contributed by atoms with Gasteiger partial charge < -0.3 is 9.88 Å². The largest absolute Gasteiger partial charge is 0.326 e. The second-order valence-corrected chi connectivity index (χ2v) is 8.47. The first-order valence-corrected chi connectivity index (χ1v) is 11.2. The summed E-state index contributed by atoms with van der Waals surface area (Å²) >= 11 is 0. The van der Waals surface area contributed by atoms with Gasteiger partial charge in [0.1, 0.15) is 11.9 Å². The van der Waals surface area contributed by atoms with E-state index in [1.54, 1.807) is 0 Å². The molecule has 0 radical (unpaired) electrons. The summed E-state index contributed by atoms with van der Waals surface area (Å²) in [5.41, 5.74) is 5.47. The SMILES string of the molecule is Cc1c(C#N)c(NC(=O)CN(C)Cc2cnn(-c3ccccc3)c2)n(Cc2ccccc2)c1C. The Morgan fingerprint density at radius 1 is 1.06 bits per heavy atom. The number of benzene rings is 2. The molecule has 172 valence electrons. The van der Waals surface area contributed by atoms with Gasteiger partial charge in [-0.1, -0.05) is 48.5 Å². The number of hydrogen-bond acceptors (Lipinski definition) is 4. The minimum atomic E-state index is -0.165. The molecule has 34 heavy (non-hydrogen) atoms. The number of nitriles is 1. The van der Waals surface area contributed by atoms with Gasteiger partial charge in [-0.2, -0.15) is 10.4 Å². The highest BCUT2D eigenvalue weighted by Crippen LogP contribution is 2.27. The molecule has 0 aliphatic carbocycles. The van der Waals surface area contributed by atoms with E-state index in [2.05, 4.69) is 16.5 Å². The van der Waals surface area contributed by atoms with E-state index in [1.165, 1.54) is 0 Å². The van der Waals surface area contributed by atoms with Gasteiger partial charge in [0.15, 0.2) is 0 Å². The van der Waals surface area contributed by atoms with E-state index in [0.29, 0.717) is 24.5 Å². The number of nitrogens with zero attached hydrogens (tertiary/aromatic N) is 5. The van der Waals surface area contributed by atoms with Gasteiger partial charge in [-0.05, 0) is 44.2 Å². The van der Waals surface area contributed by atoms with Crippen LogP contribution in [-0.4, -0.2) is 38.7 Å². The number of rotatable bonds is 8. The molecule has 1 amide bonds. The van der Waals surface area contributed by atoms with E-state index in [4.69, 9.17) is 0 Å². The van der Waals surface area contributed by atoms with Crippen molar-refractivity contribution in [3.8, 4) is 11.8 Å². The second-order valence-electron chi connectivity index (χ2n) is 8.47. The van der Waals surface area contributed by atoms with E-state index >= 15 is 0 Å². The third-order valence-corrected chi connectivity index (χ3v) is 5.91. The van der Waals surface area contributed by atoms with Gasteiger partial charge in [-0.15, -0.1) is 0 Å². The number of carbonyl (C=O) groups is 1. The first-order valence-electron chi connectivity index (χ1n) is 11.2. The third kappa shape index (κ3) is 5.08. The van der Waals surface area contributed by atoms with Crippen LogP contribution in [0.2, 0.25) is 0 Å². The standard InChI is InChI=1S/C27H28N6O/c1-20-21(2)32(17-22-10-6-4-7-11-22)27(25(20)14-28)30-26(34)19-31(3)16-23-15-29-33(18-23)24-12-8-5-9-13-24/h4-13,15,18H,16-17,19H2,1-3H3,(H,30,34). The van der Waals surface area contributed by atoms with Crippen molar-refractivity contribution in [1.29, 1.82) is 5.26 Å². The Labute approximate surface area is 199 Å². The van der Waals surface area contributed by atoms with E-state index in [-0.39, 0.29) is 12.5 Å². The maximum atomic E-state index is 12.9. The lowest BCUT2D eigenvalue weighted by atomic mass is 10.2. The normalized spacial score (nSPS) is 10.9. The van der Waals surface area contributed by atoms with Crippen LogP contribution in [-0.2, 0) is 17.9 Å². The van der Waals surface area contributed by atoms with Crippen LogP contribution >= 0.6 is 0 Å². The summed E-state index contributed by atoms with van der Waals surface area (Å²) in [6, 6.07) is 22.2. The number of nitrogens with one attached hydrogen (secondary N) is 1. The molecule has 4 aromatic rings. The average molecular weight is 453 g/mol. The van der Waals surface area contributed by atoms with Gasteiger partial charge in [0.05, 0.1) is 24.0 Å². The predicted octanol–water partition coefficient (Wildman–Crippen LogP) is 4.28. The summed E-state index contributed by atoms with van der Waals surface area (Å²) in [7, 11) is 1.89. The van der Waals surface area contributed by atoms with Crippen LogP contribution in [0.4, 0.5) is 5.82 Å². The molecule has 0 saturated heterocycles. The summed E-state index contributed by atoms with van der Waals surface area (Å²) in [4.78, 5) is 14.9. The molecule has 4 rings (SSSR count). The average Bonchev–Trinajstić information content (AvgIpc) is 3.39. The Morgan fingerprint density at radius 3 is 2.41 bits per heavy atom. The van der Waals surface area contributed by atoms with Gasteiger partial charge in [0.25, 0.3) is 0 Å². The number of carbonyl (C=O) groups excluding carboxylic acids is 1. The predicted molar refractivity (Wildman–Crippen MR) is 133 cm³/mol. The van der Waals surface area contributed by atoms with E-state index in [0.717, 1.165) is 28.1 Å². The zero-order valence-corrected chi connectivity index (χ0v) is 19.7. The van der Waals surface area contributed by atoms with Crippen molar-refractivity contribution in [2.45, 2.75) is 26.9 Å². The fourth-order valence-electron chi connectivity index (χ4n) is 4.04. The minimum absolute atomic E-state index is 0.165. The van der Waals surface area contributed by atoms with Crippen LogP contribution in [0, 0.1) is 25.2 Å².